The summed E-state index contributed by atoms with van der Waals surface area (Å²) < 4.78 is 2.78. The lowest BCUT2D eigenvalue weighted by molar-refractivity contribution is 0.405. The maximum atomic E-state index is 3.84. The van der Waals surface area contributed by atoms with E-state index in [2.05, 4.69) is 62.4 Å². The zero-order valence-corrected chi connectivity index (χ0v) is 14.8. The third-order valence-corrected chi connectivity index (χ3v) is 7.98. The van der Waals surface area contributed by atoms with E-state index in [1.807, 2.05) is 6.08 Å². The Labute approximate surface area is 126 Å². The van der Waals surface area contributed by atoms with Gasteiger partial charge in [0.1, 0.15) is 0 Å². The van der Waals surface area contributed by atoms with Gasteiger partial charge < -0.3 is 4.57 Å². The first-order chi connectivity index (χ1) is 9.56. The van der Waals surface area contributed by atoms with Crippen molar-refractivity contribution in [2.75, 3.05) is 13.1 Å². The SMILES string of the molecule is C=Cc1ccc([Si](C)(C)N(CCCC)CCCC)cc1. The van der Waals surface area contributed by atoms with Gasteiger partial charge in [-0.2, -0.15) is 0 Å². The van der Waals surface area contributed by atoms with Crippen LogP contribution in [0.5, 0.6) is 0 Å². The first-order valence-electron chi connectivity index (χ1n) is 8.04. The van der Waals surface area contributed by atoms with Crippen LogP contribution in [0.1, 0.15) is 45.1 Å². The molecule has 1 nitrogen and oxygen atoms in total. The van der Waals surface area contributed by atoms with Crippen LogP contribution in [-0.2, 0) is 0 Å². The Hall–Kier alpha value is -0.863. The number of unbranched alkanes of at least 4 members (excludes halogenated alkanes) is 2. The van der Waals surface area contributed by atoms with Gasteiger partial charge in [0.05, 0.1) is 0 Å². The Morgan fingerprint density at radius 1 is 1.00 bits per heavy atom. The van der Waals surface area contributed by atoms with Gasteiger partial charge in [0, 0.05) is 0 Å². The molecule has 0 atom stereocenters. The Kier molecular flexibility index (Phi) is 7.24. The van der Waals surface area contributed by atoms with Gasteiger partial charge in [0.15, 0.2) is 8.24 Å². The molecular formula is C18H31NSi. The molecule has 2 heteroatoms. The predicted molar refractivity (Wildman–Crippen MR) is 95.0 cm³/mol. The molecule has 0 bridgehead atoms. The van der Waals surface area contributed by atoms with Crippen molar-refractivity contribution in [3.05, 3.63) is 36.4 Å². The van der Waals surface area contributed by atoms with Crippen LogP contribution >= 0.6 is 0 Å². The molecule has 0 saturated heterocycles. The largest absolute Gasteiger partial charge is 0.320 e. The Bertz CT molecular complexity index is 386. The molecule has 0 unspecified atom stereocenters. The fourth-order valence-electron chi connectivity index (χ4n) is 2.58. The molecule has 20 heavy (non-hydrogen) atoms. The summed E-state index contributed by atoms with van der Waals surface area (Å²) in [6, 6.07) is 9.03. The van der Waals surface area contributed by atoms with Crippen LogP contribution in [-0.4, -0.2) is 25.9 Å². The van der Waals surface area contributed by atoms with Crippen LogP contribution in [0.2, 0.25) is 13.1 Å². The number of hydrogen-bond acceptors (Lipinski definition) is 1. The second-order valence-corrected chi connectivity index (χ2v) is 10.4. The lowest BCUT2D eigenvalue weighted by Gasteiger charge is -2.37. The van der Waals surface area contributed by atoms with E-state index in [0.717, 1.165) is 0 Å². The van der Waals surface area contributed by atoms with Gasteiger partial charge in [-0.1, -0.05) is 76.7 Å². The van der Waals surface area contributed by atoms with E-state index in [-0.39, 0.29) is 0 Å². The second kappa shape index (κ2) is 8.43. The minimum Gasteiger partial charge on any atom is -0.320 e. The molecule has 1 rings (SSSR count). The molecular weight excluding hydrogens is 258 g/mol. The molecule has 0 aliphatic heterocycles. The van der Waals surface area contributed by atoms with Crippen molar-refractivity contribution in [1.29, 1.82) is 0 Å². The third kappa shape index (κ3) is 4.60. The van der Waals surface area contributed by atoms with Crippen molar-refractivity contribution in [3.63, 3.8) is 0 Å². The van der Waals surface area contributed by atoms with Gasteiger partial charge in [-0.25, -0.2) is 0 Å². The van der Waals surface area contributed by atoms with Crippen LogP contribution in [0.25, 0.3) is 6.08 Å². The van der Waals surface area contributed by atoms with E-state index in [1.165, 1.54) is 49.5 Å². The summed E-state index contributed by atoms with van der Waals surface area (Å²) in [5.41, 5.74) is 1.22. The standard InChI is InChI=1S/C18H31NSi/c1-6-9-15-19(16-10-7-2)20(4,5)18-13-11-17(8-3)12-14-18/h8,11-14H,3,6-7,9-10,15-16H2,1-2,4-5H3. The minimum absolute atomic E-state index is 1.22. The van der Waals surface area contributed by atoms with Crippen molar-refractivity contribution in [3.8, 4) is 0 Å². The predicted octanol–water partition coefficient (Wildman–Crippen LogP) is 4.64. The van der Waals surface area contributed by atoms with Gasteiger partial charge in [-0.3, -0.25) is 0 Å². The molecule has 0 amide bonds. The number of nitrogens with zero attached hydrogens (tertiary/aromatic N) is 1. The maximum Gasteiger partial charge on any atom is 0.154 e. The van der Waals surface area contributed by atoms with Gasteiger partial charge in [0.2, 0.25) is 0 Å². The van der Waals surface area contributed by atoms with Gasteiger partial charge in [-0.15, -0.1) is 0 Å². The maximum absolute atomic E-state index is 3.84. The molecule has 0 aromatic heterocycles. The topological polar surface area (TPSA) is 3.24 Å². The normalized spacial score (nSPS) is 11.8. The van der Waals surface area contributed by atoms with Crippen LogP contribution in [0.3, 0.4) is 0 Å². The number of rotatable bonds is 9. The van der Waals surface area contributed by atoms with Gasteiger partial charge in [0.25, 0.3) is 0 Å². The summed E-state index contributed by atoms with van der Waals surface area (Å²) in [6.45, 7) is 15.9. The summed E-state index contributed by atoms with van der Waals surface area (Å²) in [6.07, 6.45) is 7.10. The van der Waals surface area contributed by atoms with E-state index in [9.17, 15) is 0 Å². The van der Waals surface area contributed by atoms with Crippen LogP contribution in [0, 0.1) is 0 Å². The van der Waals surface area contributed by atoms with Crippen LogP contribution in [0.4, 0.5) is 0 Å². The number of benzene rings is 1. The van der Waals surface area contributed by atoms with E-state index >= 15 is 0 Å². The quantitative estimate of drug-likeness (QED) is 0.598. The first-order valence-corrected chi connectivity index (χ1v) is 11.0. The average molecular weight is 290 g/mol. The molecule has 0 aliphatic rings. The van der Waals surface area contributed by atoms with Gasteiger partial charge >= 0.3 is 0 Å². The molecule has 0 heterocycles. The van der Waals surface area contributed by atoms with Crippen molar-refractivity contribution in [1.82, 2.24) is 4.57 Å². The van der Waals surface area contributed by atoms with Gasteiger partial charge in [-0.05, 0) is 36.7 Å². The zero-order chi connectivity index (χ0) is 15.0. The lowest BCUT2D eigenvalue weighted by atomic mass is 10.2. The summed E-state index contributed by atoms with van der Waals surface area (Å²) in [7, 11) is -1.52. The Morgan fingerprint density at radius 3 is 1.90 bits per heavy atom. The summed E-state index contributed by atoms with van der Waals surface area (Å²) in [5, 5.41) is 1.54. The molecule has 0 radical (unpaired) electrons. The molecule has 0 saturated carbocycles. The highest BCUT2D eigenvalue weighted by atomic mass is 28.3. The minimum atomic E-state index is -1.52. The van der Waals surface area contributed by atoms with E-state index in [1.54, 1.807) is 0 Å². The summed E-state index contributed by atoms with van der Waals surface area (Å²) >= 11 is 0. The average Bonchev–Trinajstić information content (AvgIpc) is 2.47. The highest BCUT2D eigenvalue weighted by Gasteiger charge is 2.30. The van der Waals surface area contributed by atoms with Crippen molar-refractivity contribution in [2.45, 2.75) is 52.6 Å². The third-order valence-electron chi connectivity index (χ3n) is 4.21. The van der Waals surface area contributed by atoms with E-state index in [4.69, 9.17) is 0 Å². The molecule has 112 valence electrons. The molecule has 0 aliphatic carbocycles. The fourth-order valence-corrected chi connectivity index (χ4v) is 5.36. The van der Waals surface area contributed by atoms with Crippen LogP contribution < -0.4 is 5.19 Å². The molecule has 1 aromatic carbocycles. The van der Waals surface area contributed by atoms with Crippen LogP contribution in [0.15, 0.2) is 30.8 Å². The van der Waals surface area contributed by atoms with Crippen molar-refractivity contribution in [2.24, 2.45) is 0 Å². The molecule has 0 N–H and O–H groups in total. The summed E-state index contributed by atoms with van der Waals surface area (Å²) in [4.78, 5) is 0. The zero-order valence-electron chi connectivity index (χ0n) is 13.8. The molecule has 0 spiro atoms. The lowest BCUT2D eigenvalue weighted by Crippen LogP contribution is -2.58. The fraction of sp³-hybridized carbons (Fsp3) is 0.556. The Balaban J connectivity index is 2.90. The highest BCUT2D eigenvalue weighted by molar-refractivity contribution is 6.87. The first kappa shape index (κ1) is 17.2. The Morgan fingerprint density at radius 2 is 1.50 bits per heavy atom. The smallest absolute Gasteiger partial charge is 0.154 e. The second-order valence-electron chi connectivity index (χ2n) is 6.08. The van der Waals surface area contributed by atoms with E-state index in [0.29, 0.717) is 0 Å². The monoisotopic (exact) mass is 289 g/mol. The molecule has 0 fully saturated rings. The molecule has 1 aromatic rings. The van der Waals surface area contributed by atoms with Crippen molar-refractivity contribution >= 4 is 19.5 Å². The number of hydrogen-bond donors (Lipinski definition) is 0. The van der Waals surface area contributed by atoms with E-state index < -0.39 is 8.24 Å². The van der Waals surface area contributed by atoms with Crippen molar-refractivity contribution < 1.29 is 0 Å². The highest BCUT2D eigenvalue weighted by Crippen LogP contribution is 2.14. The summed E-state index contributed by atoms with van der Waals surface area (Å²) in [5.74, 6) is 0.